The van der Waals surface area contributed by atoms with Gasteiger partial charge in [0.15, 0.2) is 0 Å². The zero-order valence-electron chi connectivity index (χ0n) is 17.2. The number of imide groups is 1. The number of rotatable bonds is 4. The first-order valence-corrected chi connectivity index (χ1v) is 11.0. The number of amides is 3. The van der Waals surface area contributed by atoms with Crippen molar-refractivity contribution < 1.29 is 18.0 Å². The molecule has 0 bridgehead atoms. The van der Waals surface area contributed by atoms with E-state index in [1.807, 2.05) is 0 Å². The molecule has 1 spiro atoms. The van der Waals surface area contributed by atoms with Gasteiger partial charge in [-0.05, 0) is 48.3 Å². The number of hydrogen-bond acceptors (Lipinski definition) is 4. The van der Waals surface area contributed by atoms with Gasteiger partial charge in [0, 0.05) is 14.1 Å². The van der Waals surface area contributed by atoms with E-state index in [0.717, 1.165) is 10.7 Å². The van der Waals surface area contributed by atoms with Crippen LogP contribution in [0.25, 0.3) is 0 Å². The van der Waals surface area contributed by atoms with Crippen LogP contribution in [0.15, 0.2) is 29.2 Å². The van der Waals surface area contributed by atoms with Crippen molar-refractivity contribution in [3.63, 3.8) is 0 Å². The number of hydrogen-bond donors (Lipinski definition) is 1. The van der Waals surface area contributed by atoms with Crippen molar-refractivity contribution in [2.24, 2.45) is 11.3 Å². The van der Waals surface area contributed by atoms with Crippen molar-refractivity contribution in [3.8, 4) is 0 Å². The molecule has 154 valence electrons. The molecule has 2 aliphatic rings. The zero-order valence-corrected chi connectivity index (χ0v) is 18.0. The summed E-state index contributed by atoms with van der Waals surface area (Å²) in [7, 11) is -0.645. The molecule has 1 aromatic carbocycles. The summed E-state index contributed by atoms with van der Waals surface area (Å²) in [6.45, 7) is 6.42. The SMILES string of the molecule is CC1CC(C)(C)CC2(C1)NC(=O)N(Cc1cccc(S(=O)(=O)N(C)C)c1)C2=O. The monoisotopic (exact) mass is 407 g/mol. The van der Waals surface area contributed by atoms with Gasteiger partial charge in [-0.1, -0.05) is 32.9 Å². The summed E-state index contributed by atoms with van der Waals surface area (Å²) in [6.07, 6.45) is 2.26. The maximum atomic E-state index is 13.2. The summed E-state index contributed by atoms with van der Waals surface area (Å²) in [4.78, 5) is 27.2. The highest BCUT2D eigenvalue weighted by atomic mass is 32.2. The molecule has 28 heavy (non-hydrogen) atoms. The molecule has 0 radical (unpaired) electrons. The number of carbonyl (C=O) groups is 2. The molecule has 1 N–H and O–H groups in total. The Morgan fingerprint density at radius 3 is 2.50 bits per heavy atom. The highest BCUT2D eigenvalue weighted by molar-refractivity contribution is 7.89. The second-order valence-electron chi connectivity index (χ2n) is 9.19. The molecule has 1 saturated carbocycles. The standard InChI is InChI=1S/C20H29N3O4S/c1-14-10-19(2,3)13-20(11-14)17(24)23(18(25)21-20)12-15-7-6-8-16(9-15)28(26,27)22(4)5/h6-9,14H,10-13H2,1-5H3,(H,21,25). The molecule has 8 heteroatoms. The summed E-state index contributed by atoms with van der Waals surface area (Å²) in [5.74, 6) is 0.125. The number of carbonyl (C=O) groups excluding carboxylic acids is 2. The molecular formula is C20H29N3O4S. The van der Waals surface area contributed by atoms with E-state index in [-0.39, 0.29) is 22.8 Å². The lowest BCUT2D eigenvalue weighted by molar-refractivity contribution is -0.135. The average molecular weight is 408 g/mol. The Balaban J connectivity index is 1.86. The van der Waals surface area contributed by atoms with Crippen LogP contribution in [0, 0.1) is 11.3 Å². The van der Waals surface area contributed by atoms with Gasteiger partial charge in [0.05, 0.1) is 11.4 Å². The van der Waals surface area contributed by atoms with Crippen molar-refractivity contribution in [1.82, 2.24) is 14.5 Å². The van der Waals surface area contributed by atoms with Gasteiger partial charge in [-0.15, -0.1) is 0 Å². The molecule has 2 unspecified atom stereocenters. The molecule has 1 saturated heterocycles. The largest absolute Gasteiger partial charge is 0.325 e. The Kier molecular flexibility index (Phi) is 5.08. The second-order valence-corrected chi connectivity index (χ2v) is 11.3. The fourth-order valence-electron chi connectivity index (χ4n) is 4.85. The van der Waals surface area contributed by atoms with Crippen LogP contribution in [0.1, 0.15) is 45.6 Å². The number of nitrogens with one attached hydrogen (secondary N) is 1. The maximum Gasteiger partial charge on any atom is 0.325 e. The van der Waals surface area contributed by atoms with E-state index in [4.69, 9.17) is 0 Å². The fraction of sp³-hybridized carbons (Fsp3) is 0.600. The zero-order chi connectivity index (χ0) is 20.9. The smallest absolute Gasteiger partial charge is 0.323 e. The third-order valence-corrected chi connectivity index (χ3v) is 7.45. The third kappa shape index (κ3) is 3.67. The molecule has 0 aromatic heterocycles. The van der Waals surface area contributed by atoms with E-state index in [1.165, 1.54) is 31.1 Å². The number of urea groups is 1. The quantitative estimate of drug-likeness (QED) is 0.777. The third-order valence-electron chi connectivity index (χ3n) is 5.64. The lowest BCUT2D eigenvalue weighted by atomic mass is 9.64. The minimum atomic E-state index is -3.58. The first-order chi connectivity index (χ1) is 12.9. The van der Waals surface area contributed by atoms with Crippen molar-refractivity contribution in [3.05, 3.63) is 29.8 Å². The molecule has 3 amide bonds. The molecular weight excluding hydrogens is 378 g/mol. The highest BCUT2D eigenvalue weighted by Gasteiger charge is 2.56. The van der Waals surface area contributed by atoms with E-state index < -0.39 is 21.6 Å². The van der Waals surface area contributed by atoms with E-state index in [2.05, 4.69) is 26.1 Å². The number of nitrogens with zero attached hydrogens (tertiary/aromatic N) is 2. The molecule has 1 heterocycles. The molecule has 7 nitrogen and oxygen atoms in total. The van der Waals surface area contributed by atoms with Crippen LogP contribution in [-0.4, -0.2) is 49.2 Å². The summed E-state index contributed by atoms with van der Waals surface area (Å²) in [6, 6.07) is 5.99. The molecule has 1 aliphatic carbocycles. The van der Waals surface area contributed by atoms with Gasteiger partial charge in [-0.25, -0.2) is 17.5 Å². The summed E-state index contributed by atoms with van der Waals surface area (Å²) >= 11 is 0. The Hall–Kier alpha value is -1.93. The van der Waals surface area contributed by atoms with Gasteiger partial charge in [-0.3, -0.25) is 9.69 Å². The van der Waals surface area contributed by atoms with Crippen LogP contribution in [0.5, 0.6) is 0 Å². The molecule has 3 rings (SSSR count). The van der Waals surface area contributed by atoms with Crippen molar-refractivity contribution in [2.45, 2.75) is 57.0 Å². The minimum absolute atomic E-state index is 0.0314. The number of benzene rings is 1. The highest BCUT2D eigenvalue weighted by Crippen LogP contribution is 2.46. The van der Waals surface area contributed by atoms with Crippen LogP contribution in [0.4, 0.5) is 4.79 Å². The fourth-order valence-corrected chi connectivity index (χ4v) is 5.82. The van der Waals surface area contributed by atoms with Crippen LogP contribution < -0.4 is 5.32 Å². The van der Waals surface area contributed by atoms with Crippen LogP contribution in [0.2, 0.25) is 0 Å². The van der Waals surface area contributed by atoms with Gasteiger partial charge in [0.1, 0.15) is 5.54 Å². The predicted octanol–water partition coefficient (Wildman–Crippen LogP) is 2.57. The van der Waals surface area contributed by atoms with Crippen molar-refractivity contribution in [2.75, 3.05) is 14.1 Å². The minimum Gasteiger partial charge on any atom is -0.323 e. The van der Waals surface area contributed by atoms with Crippen molar-refractivity contribution >= 4 is 22.0 Å². The Morgan fingerprint density at radius 1 is 1.21 bits per heavy atom. The normalized spacial score (nSPS) is 27.5. The topological polar surface area (TPSA) is 86.8 Å². The Morgan fingerprint density at radius 2 is 1.89 bits per heavy atom. The van der Waals surface area contributed by atoms with E-state index in [0.29, 0.717) is 24.3 Å². The van der Waals surface area contributed by atoms with Gasteiger partial charge < -0.3 is 5.32 Å². The molecule has 2 fully saturated rings. The first kappa shape index (κ1) is 20.8. The predicted molar refractivity (Wildman–Crippen MR) is 106 cm³/mol. The van der Waals surface area contributed by atoms with Gasteiger partial charge in [0.25, 0.3) is 5.91 Å². The molecule has 1 aliphatic heterocycles. The second kappa shape index (κ2) is 6.84. The lowest BCUT2D eigenvalue weighted by Gasteiger charge is -2.43. The van der Waals surface area contributed by atoms with Gasteiger partial charge in [-0.2, -0.15) is 0 Å². The van der Waals surface area contributed by atoms with Crippen LogP contribution in [-0.2, 0) is 21.4 Å². The van der Waals surface area contributed by atoms with Crippen molar-refractivity contribution in [1.29, 1.82) is 0 Å². The Bertz CT molecular complexity index is 910. The van der Waals surface area contributed by atoms with Gasteiger partial charge in [0.2, 0.25) is 10.0 Å². The average Bonchev–Trinajstić information content (AvgIpc) is 2.76. The van der Waals surface area contributed by atoms with Crippen LogP contribution >= 0.6 is 0 Å². The maximum absolute atomic E-state index is 13.2. The molecule has 2 atom stereocenters. The summed E-state index contributed by atoms with van der Waals surface area (Å²) in [5, 5.41) is 2.95. The van der Waals surface area contributed by atoms with E-state index in [1.54, 1.807) is 12.1 Å². The van der Waals surface area contributed by atoms with E-state index >= 15 is 0 Å². The first-order valence-electron chi connectivity index (χ1n) is 9.52. The Labute approximate surface area is 167 Å². The van der Waals surface area contributed by atoms with Crippen LogP contribution in [0.3, 0.4) is 0 Å². The summed E-state index contributed by atoms with van der Waals surface area (Å²) < 4.78 is 25.9. The van der Waals surface area contributed by atoms with E-state index in [9.17, 15) is 18.0 Å². The lowest BCUT2D eigenvalue weighted by Crippen LogP contribution is -2.54. The number of sulfonamides is 1. The van der Waals surface area contributed by atoms with Gasteiger partial charge >= 0.3 is 6.03 Å². The summed E-state index contributed by atoms with van der Waals surface area (Å²) in [5.41, 5.74) is -0.284. The molecule has 1 aromatic rings.